The molecule has 2 aromatic rings. The Hall–Kier alpha value is -2.53. The van der Waals surface area contributed by atoms with Crippen LogP contribution in [0.15, 0.2) is 42.5 Å². The fraction of sp³-hybridized carbons (Fsp3) is 0.435. The highest BCUT2D eigenvalue weighted by atomic mass is 16.5. The lowest BCUT2D eigenvalue weighted by atomic mass is 9.87. The molecule has 1 aliphatic carbocycles. The summed E-state index contributed by atoms with van der Waals surface area (Å²) < 4.78 is 10.8. The molecule has 1 heterocycles. The van der Waals surface area contributed by atoms with Crippen molar-refractivity contribution in [1.82, 2.24) is 4.90 Å². The number of fused-ring (bicyclic) bond motifs is 1. The third kappa shape index (κ3) is 3.99. The van der Waals surface area contributed by atoms with Gasteiger partial charge in [0, 0.05) is 39.1 Å². The van der Waals surface area contributed by atoms with E-state index in [1.54, 1.807) is 7.11 Å². The minimum atomic E-state index is -0.262. The monoisotopic (exact) mass is 380 g/mol. The molecule has 0 radical (unpaired) electrons. The molecule has 0 N–H and O–H groups in total. The highest BCUT2D eigenvalue weighted by Crippen LogP contribution is 2.31. The number of carbonyl (C=O) groups is 1. The van der Waals surface area contributed by atoms with Crippen molar-refractivity contribution in [1.29, 1.82) is 0 Å². The van der Waals surface area contributed by atoms with Gasteiger partial charge in [0.05, 0.1) is 12.8 Å². The molecule has 2 aliphatic rings. The first-order chi connectivity index (χ1) is 13.6. The van der Waals surface area contributed by atoms with Gasteiger partial charge in [0.2, 0.25) is 0 Å². The number of ether oxygens (including phenoxy) is 2. The summed E-state index contributed by atoms with van der Waals surface area (Å²) in [4.78, 5) is 16.2. The fourth-order valence-corrected chi connectivity index (χ4v) is 4.47. The van der Waals surface area contributed by atoms with Gasteiger partial charge in [-0.1, -0.05) is 18.2 Å². The van der Waals surface area contributed by atoms with Gasteiger partial charge in [0.1, 0.15) is 11.5 Å². The van der Waals surface area contributed by atoms with Crippen LogP contribution in [-0.4, -0.2) is 50.2 Å². The maximum absolute atomic E-state index is 11.2. The predicted molar refractivity (Wildman–Crippen MR) is 110 cm³/mol. The van der Waals surface area contributed by atoms with Crippen LogP contribution in [0.25, 0.3) is 0 Å². The zero-order valence-electron chi connectivity index (χ0n) is 16.7. The average molecular weight is 380 g/mol. The van der Waals surface area contributed by atoms with Crippen LogP contribution in [0.5, 0.6) is 11.5 Å². The van der Waals surface area contributed by atoms with Crippen molar-refractivity contribution < 1.29 is 14.3 Å². The van der Waals surface area contributed by atoms with E-state index in [0.29, 0.717) is 11.8 Å². The molecular formula is C23H28N2O3. The SMILES string of the molecule is COc1ccccc1N1CCN(C2CCc3cc(OC(C)=O)ccc3C2)CC1. The summed E-state index contributed by atoms with van der Waals surface area (Å²) >= 11 is 0. The van der Waals surface area contributed by atoms with Gasteiger partial charge < -0.3 is 14.4 Å². The molecule has 5 nitrogen and oxygen atoms in total. The molecule has 1 aliphatic heterocycles. The summed E-state index contributed by atoms with van der Waals surface area (Å²) in [5, 5.41) is 0. The number of hydrogen-bond donors (Lipinski definition) is 0. The van der Waals surface area contributed by atoms with Crippen LogP contribution in [0.3, 0.4) is 0 Å². The van der Waals surface area contributed by atoms with Crippen LogP contribution in [0.1, 0.15) is 24.5 Å². The average Bonchev–Trinajstić information content (AvgIpc) is 2.73. The molecule has 5 heteroatoms. The van der Waals surface area contributed by atoms with Crippen molar-refractivity contribution in [3.8, 4) is 11.5 Å². The smallest absolute Gasteiger partial charge is 0.308 e. The molecule has 0 spiro atoms. The predicted octanol–water partition coefficient (Wildman–Crippen LogP) is 3.30. The molecule has 1 atom stereocenters. The molecule has 4 rings (SSSR count). The van der Waals surface area contributed by atoms with Gasteiger partial charge in [0.25, 0.3) is 0 Å². The third-order valence-corrected chi connectivity index (χ3v) is 5.90. The van der Waals surface area contributed by atoms with Crippen molar-refractivity contribution >= 4 is 11.7 Å². The van der Waals surface area contributed by atoms with E-state index < -0.39 is 0 Å². The number of nitrogens with zero attached hydrogens (tertiary/aromatic N) is 2. The standard InChI is InChI=1S/C23H28N2O3/c1-17(26)28-21-10-8-18-15-20(9-7-19(18)16-21)24-11-13-25(14-12-24)22-5-3-4-6-23(22)27-2/h3-6,8,10,16,20H,7,9,11-15H2,1-2H3. The number of benzene rings is 2. The topological polar surface area (TPSA) is 42.0 Å². The maximum Gasteiger partial charge on any atom is 0.308 e. The van der Waals surface area contributed by atoms with Crippen LogP contribution in [0, 0.1) is 0 Å². The summed E-state index contributed by atoms with van der Waals surface area (Å²) in [7, 11) is 1.74. The first kappa shape index (κ1) is 18.8. The van der Waals surface area contributed by atoms with Gasteiger partial charge in [-0.2, -0.15) is 0 Å². The number of methoxy groups -OCH3 is 1. The van der Waals surface area contributed by atoms with Gasteiger partial charge in [0.15, 0.2) is 0 Å². The molecule has 28 heavy (non-hydrogen) atoms. The molecule has 1 unspecified atom stereocenters. The first-order valence-corrected chi connectivity index (χ1v) is 10.1. The van der Waals surface area contributed by atoms with E-state index in [0.717, 1.165) is 51.2 Å². The van der Waals surface area contributed by atoms with Crippen molar-refractivity contribution in [3.63, 3.8) is 0 Å². The Bertz CT molecular complexity index is 843. The number of carbonyl (C=O) groups excluding carboxylic acids is 1. The van der Waals surface area contributed by atoms with E-state index >= 15 is 0 Å². The molecule has 0 aromatic heterocycles. The van der Waals surface area contributed by atoms with Gasteiger partial charge >= 0.3 is 5.97 Å². The van der Waals surface area contributed by atoms with E-state index in [1.165, 1.54) is 23.7 Å². The summed E-state index contributed by atoms with van der Waals surface area (Å²) in [6, 6.07) is 14.9. The number of aryl methyl sites for hydroxylation is 1. The normalized spacial score (nSPS) is 19.8. The number of piperazine rings is 1. The van der Waals surface area contributed by atoms with Crippen LogP contribution in [-0.2, 0) is 17.6 Å². The molecule has 0 saturated carbocycles. The largest absolute Gasteiger partial charge is 0.495 e. The number of hydrogen-bond acceptors (Lipinski definition) is 5. The van der Waals surface area contributed by atoms with Gasteiger partial charge in [-0.3, -0.25) is 9.69 Å². The Morgan fingerprint density at radius 1 is 1.04 bits per heavy atom. The second kappa shape index (κ2) is 8.23. The lowest BCUT2D eigenvalue weighted by Gasteiger charge is -2.42. The van der Waals surface area contributed by atoms with Crippen LogP contribution in [0.2, 0.25) is 0 Å². The Morgan fingerprint density at radius 3 is 2.57 bits per heavy atom. The molecule has 1 saturated heterocycles. The Balaban J connectivity index is 1.38. The maximum atomic E-state index is 11.2. The molecular weight excluding hydrogens is 352 g/mol. The number of rotatable bonds is 4. The zero-order chi connectivity index (χ0) is 19.5. The lowest BCUT2D eigenvalue weighted by Crippen LogP contribution is -2.51. The van der Waals surface area contributed by atoms with E-state index in [-0.39, 0.29) is 5.97 Å². The lowest BCUT2D eigenvalue weighted by molar-refractivity contribution is -0.131. The second-order valence-corrected chi connectivity index (χ2v) is 7.62. The van der Waals surface area contributed by atoms with Crippen LogP contribution in [0.4, 0.5) is 5.69 Å². The summed E-state index contributed by atoms with van der Waals surface area (Å²) in [6.45, 7) is 5.64. The van der Waals surface area contributed by atoms with E-state index in [2.05, 4.69) is 28.0 Å². The van der Waals surface area contributed by atoms with Crippen molar-refractivity contribution in [2.75, 3.05) is 38.2 Å². The minimum absolute atomic E-state index is 0.262. The van der Waals surface area contributed by atoms with E-state index in [9.17, 15) is 4.79 Å². The molecule has 148 valence electrons. The highest BCUT2D eigenvalue weighted by Gasteiger charge is 2.28. The van der Waals surface area contributed by atoms with Crippen molar-refractivity contribution in [3.05, 3.63) is 53.6 Å². The quantitative estimate of drug-likeness (QED) is 0.601. The molecule has 0 bridgehead atoms. The first-order valence-electron chi connectivity index (χ1n) is 10.1. The number of para-hydroxylation sites is 2. The van der Waals surface area contributed by atoms with Crippen molar-refractivity contribution in [2.24, 2.45) is 0 Å². The van der Waals surface area contributed by atoms with Gasteiger partial charge in [-0.15, -0.1) is 0 Å². The molecule has 1 fully saturated rings. The highest BCUT2D eigenvalue weighted by molar-refractivity contribution is 5.69. The summed E-state index contributed by atoms with van der Waals surface area (Å²) in [5.74, 6) is 1.35. The van der Waals surface area contributed by atoms with Crippen molar-refractivity contribution in [2.45, 2.75) is 32.2 Å². The number of anilines is 1. The van der Waals surface area contributed by atoms with Crippen LogP contribution < -0.4 is 14.4 Å². The molecule has 0 amide bonds. The Kier molecular flexibility index (Phi) is 5.53. The van der Waals surface area contributed by atoms with E-state index in [4.69, 9.17) is 9.47 Å². The zero-order valence-corrected chi connectivity index (χ0v) is 16.7. The Morgan fingerprint density at radius 2 is 1.82 bits per heavy atom. The third-order valence-electron chi connectivity index (χ3n) is 5.90. The molecule has 2 aromatic carbocycles. The minimum Gasteiger partial charge on any atom is -0.495 e. The number of esters is 1. The van der Waals surface area contributed by atoms with Gasteiger partial charge in [-0.05, 0) is 54.7 Å². The summed E-state index contributed by atoms with van der Waals surface area (Å²) in [6.07, 6.45) is 3.28. The van der Waals surface area contributed by atoms with Gasteiger partial charge in [-0.25, -0.2) is 0 Å². The Labute approximate surface area is 166 Å². The second-order valence-electron chi connectivity index (χ2n) is 7.62. The van der Waals surface area contributed by atoms with Crippen LogP contribution >= 0.6 is 0 Å². The van der Waals surface area contributed by atoms with E-state index in [1.807, 2.05) is 24.3 Å². The summed E-state index contributed by atoms with van der Waals surface area (Å²) in [5.41, 5.74) is 3.90. The fourth-order valence-electron chi connectivity index (χ4n) is 4.47.